The van der Waals surface area contributed by atoms with Crippen LogP contribution in [0.3, 0.4) is 0 Å². The van der Waals surface area contributed by atoms with Gasteiger partial charge in [-0.1, -0.05) is 24.3 Å². The first-order valence-corrected chi connectivity index (χ1v) is 11.3. The molecule has 2 aromatic carbocycles. The molecule has 8 nitrogen and oxygen atoms in total. The van der Waals surface area contributed by atoms with Gasteiger partial charge in [0.1, 0.15) is 5.75 Å². The van der Waals surface area contributed by atoms with E-state index in [9.17, 15) is 27.6 Å². The number of carbonyl (C=O) groups is 3. The number of nitrogens with one attached hydrogen (secondary N) is 2. The Hall–Kier alpha value is -4.41. The van der Waals surface area contributed by atoms with Gasteiger partial charge in [0.2, 0.25) is 5.91 Å². The SMILES string of the molecule is O=C(O)Nc1cc(OCC2CC2)c(C(F)(F)F)cc1NC(=O)CC(=O)c1cccc(-c2cccnc2)c1. The highest BCUT2D eigenvalue weighted by Crippen LogP contribution is 2.42. The van der Waals surface area contributed by atoms with Crippen LogP contribution in [0.25, 0.3) is 11.1 Å². The van der Waals surface area contributed by atoms with Crippen LogP contribution in [-0.2, 0) is 11.0 Å². The van der Waals surface area contributed by atoms with Gasteiger partial charge >= 0.3 is 12.3 Å². The topological polar surface area (TPSA) is 118 Å². The molecule has 1 aliphatic rings. The summed E-state index contributed by atoms with van der Waals surface area (Å²) in [7, 11) is 0. The number of ketones is 1. The number of ether oxygens (including phenoxy) is 1. The number of hydrogen-bond acceptors (Lipinski definition) is 5. The van der Waals surface area contributed by atoms with Gasteiger partial charge in [-0.15, -0.1) is 0 Å². The highest BCUT2D eigenvalue weighted by atomic mass is 19.4. The number of carbonyl (C=O) groups excluding carboxylic acids is 2. The smallest absolute Gasteiger partial charge is 0.420 e. The molecule has 4 rings (SSSR count). The number of aromatic nitrogens is 1. The fraction of sp³-hybridized carbons (Fsp3) is 0.231. The van der Waals surface area contributed by atoms with Crippen molar-refractivity contribution in [3.63, 3.8) is 0 Å². The molecule has 1 fully saturated rings. The normalized spacial score (nSPS) is 13.1. The molecule has 0 radical (unpaired) electrons. The zero-order valence-corrected chi connectivity index (χ0v) is 19.3. The molecule has 1 saturated carbocycles. The number of halogens is 3. The van der Waals surface area contributed by atoms with Crippen molar-refractivity contribution in [3.8, 4) is 16.9 Å². The summed E-state index contributed by atoms with van der Waals surface area (Å²) in [6, 6.07) is 11.5. The van der Waals surface area contributed by atoms with Crippen LogP contribution in [0.15, 0.2) is 60.9 Å². The number of pyridine rings is 1. The average Bonchev–Trinajstić information content (AvgIpc) is 3.68. The Labute approximate surface area is 209 Å². The molecule has 1 aliphatic carbocycles. The number of rotatable bonds is 9. The largest absolute Gasteiger partial charge is 0.493 e. The zero-order chi connectivity index (χ0) is 26.6. The average molecular weight is 513 g/mol. The number of Topliss-reactive ketones (excluding diaryl/α,β-unsaturated/α-hetero) is 1. The van der Waals surface area contributed by atoms with Gasteiger partial charge in [0.25, 0.3) is 0 Å². The van der Waals surface area contributed by atoms with E-state index < -0.39 is 47.4 Å². The maximum Gasteiger partial charge on any atom is 0.420 e. The van der Waals surface area contributed by atoms with Crippen molar-refractivity contribution in [2.45, 2.75) is 25.4 Å². The van der Waals surface area contributed by atoms with Crippen LogP contribution >= 0.6 is 0 Å². The second kappa shape index (κ2) is 10.7. The Balaban J connectivity index is 1.55. The van der Waals surface area contributed by atoms with Crippen molar-refractivity contribution in [1.82, 2.24) is 4.98 Å². The molecule has 3 aromatic rings. The van der Waals surface area contributed by atoms with Crippen molar-refractivity contribution < 1.29 is 37.4 Å². The summed E-state index contributed by atoms with van der Waals surface area (Å²) in [5.41, 5.74) is -0.255. The van der Waals surface area contributed by atoms with E-state index in [4.69, 9.17) is 9.84 Å². The minimum Gasteiger partial charge on any atom is -0.493 e. The molecule has 0 bridgehead atoms. The molecule has 0 spiro atoms. The van der Waals surface area contributed by atoms with E-state index in [1.54, 1.807) is 42.7 Å². The maximum atomic E-state index is 13.7. The van der Waals surface area contributed by atoms with Gasteiger partial charge < -0.3 is 15.2 Å². The Morgan fingerprint density at radius 2 is 1.73 bits per heavy atom. The molecule has 3 N–H and O–H groups in total. The Morgan fingerprint density at radius 1 is 1.00 bits per heavy atom. The first-order valence-electron chi connectivity index (χ1n) is 11.3. The van der Waals surface area contributed by atoms with E-state index in [2.05, 4.69) is 10.3 Å². The van der Waals surface area contributed by atoms with Gasteiger partial charge in [-0.05, 0) is 42.5 Å². The molecular weight excluding hydrogens is 491 g/mol. The lowest BCUT2D eigenvalue weighted by molar-refractivity contribution is -0.139. The quantitative estimate of drug-likeness (QED) is 0.244. The second-order valence-corrected chi connectivity index (χ2v) is 8.55. The molecule has 192 valence electrons. The van der Waals surface area contributed by atoms with Crippen LogP contribution in [0, 0.1) is 5.92 Å². The Kier molecular flexibility index (Phi) is 7.42. The van der Waals surface area contributed by atoms with Crippen molar-refractivity contribution in [2.24, 2.45) is 5.92 Å². The fourth-order valence-corrected chi connectivity index (χ4v) is 3.58. The third-order valence-electron chi connectivity index (χ3n) is 5.61. The highest BCUT2D eigenvalue weighted by molar-refractivity contribution is 6.12. The number of alkyl halides is 3. The molecule has 1 heterocycles. The molecule has 1 aromatic heterocycles. The Bertz CT molecular complexity index is 1320. The van der Waals surface area contributed by atoms with Crippen molar-refractivity contribution in [2.75, 3.05) is 17.2 Å². The highest BCUT2D eigenvalue weighted by Gasteiger charge is 2.36. The third-order valence-corrected chi connectivity index (χ3v) is 5.61. The number of amides is 2. The third kappa shape index (κ3) is 6.84. The van der Waals surface area contributed by atoms with Crippen LogP contribution in [-0.4, -0.2) is 34.5 Å². The number of hydrogen-bond donors (Lipinski definition) is 3. The minimum atomic E-state index is -4.83. The zero-order valence-electron chi connectivity index (χ0n) is 19.3. The number of carboxylic acid groups (broad SMARTS) is 1. The van der Waals surface area contributed by atoms with Gasteiger partial charge in [-0.25, -0.2) is 4.79 Å². The first kappa shape index (κ1) is 25.7. The molecule has 0 aliphatic heterocycles. The van der Waals surface area contributed by atoms with Crippen molar-refractivity contribution in [1.29, 1.82) is 0 Å². The monoisotopic (exact) mass is 513 g/mol. The van der Waals surface area contributed by atoms with E-state index in [1.165, 1.54) is 6.07 Å². The van der Waals surface area contributed by atoms with Gasteiger partial charge in [0, 0.05) is 29.6 Å². The lowest BCUT2D eigenvalue weighted by Crippen LogP contribution is -2.20. The number of nitrogens with zero attached hydrogens (tertiary/aromatic N) is 1. The summed E-state index contributed by atoms with van der Waals surface area (Å²) in [5, 5.41) is 13.3. The van der Waals surface area contributed by atoms with E-state index in [-0.39, 0.29) is 23.8 Å². The summed E-state index contributed by atoms with van der Waals surface area (Å²) >= 11 is 0. The molecule has 2 amide bonds. The maximum absolute atomic E-state index is 13.7. The van der Waals surface area contributed by atoms with Crippen LogP contribution in [0.4, 0.5) is 29.3 Å². The molecule has 11 heteroatoms. The van der Waals surface area contributed by atoms with Gasteiger partial charge in [0.05, 0.1) is 30.0 Å². The fourth-order valence-electron chi connectivity index (χ4n) is 3.58. The van der Waals surface area contributed by atoms with E-state index >= 15 is 0 Å². The van der Waals surface area contributed by atoms with E-state index in [0.717, 1.165) is 24.5 Å². The summed E-state index contributed by atoms with van der Waals surface area (Å²) in [6.45, 7) is 0.0634. The predicted octanol–water partition coefficient (Wildman–Crippen LogP) is 5.86. The van der Waals surface area contributed by atoms with Crippen LogP contribution < -0.4 is 15.4 Å². The lowest BCUT2D eigenvalue weighted by atomic mass is 10.0. The van der Waals surface area contributed by atoms with Gasteiger partial charge in [-0.3, -0.25) is 19.9 Å². The van der Waals surface area contributed by atoms with Crippen molar-refractivity contribution in [3.05, 3.63) is 72.1 Å². The molecular formula is C26H22F3N3O5. The molecule has 0 saturated heterocycles. The summed E-state index contributed by atoms with van der Waals surface area (Å²) < 4.78 is 46.5. The summed E-state index contributed by atoms with van der Waals surface area (Å²) in [6.07, 6.45) is -2.15. The number of benzene rings is 2. The minimum absolute atomic E-state index is 0.0634. The van der Waals surface area contributed by atoms with Crippen LogP contribution in [0.2, 0.25) is 0 Å². The van der Waals surface area contributed by atoms with Crippen molar-refractivity contribution >= 4 is 29.2 Å². The molecule has 37 heavy (non-hydrogen) atoms. The predicted molar refractivity (Wildman–Crippen MR) is 129 cm³/mol. The summed E-state index contributed by atoms with van der Waals surface area (Å²) in [5.74, 6) is -1.88. The first-order chi connectivity index (χ1) is 17.6. The standard InChI is InChI=1S/C26H22F3N3O5/c27-26(28,29)19-10-20(21(32-25(35)36)11-23(19)37-14-15-6-7-15)31-24(34)12-22(33)17-4-1-3-16(9-17)18-5-2-8-30-13-18/h1-5,8-11,13,15,32H,6-7,12,14H2,(H,31,34)(H,35,36). The second-order valence-electron chi connectivity index (χ2n) is 8.55. The van der Waals surface area contributed by atoms with Crippen LogP contribution in [0.1, 0.15) is 35.2 Å². The van der Waals surface area contributed by atoms with Gasteiger partial charge in [0.15, 0.2) is 5.78 Å². The van der Waals surface area contributed by atoms with Crippen LogP contribution in [0.5, 0.6) is 5.75 Å². The molecule has 0 unspecified atom stereocenters. The molecule has 0 atom stereocenters. The lowest BCUT2D eigenvalue weighted by Gasteiger charge is -2.19. The summed E-state index contributed by atoms with van der Waals surface area (Å²) in [4.78, 5) is 40.6. The Morgan fingerprint density at radius 3 is 2.38 bits per heavy atom. The van der Waals surface area contributed by atoms with E-state index in [1.807, 2.05) is 5.32 Å². The van der Waals surface area contributed by atoms with E-state index in [0.29, 0.717) is 11.6 Å². The number of anilines is 2. The van der Waals surface area contributed by atoms with Gasteiger partial charge in [-0.2, -0.15) is 13.2 Å².